The first-order chi connectivity index (χ1) is 14.6. The Morgan fingerprint density at radius 2 is 1.53 bits per heavy atom. The quantitative estimate of drug-likeness (QED) is 0.567. The van der Waals surface area contributed by atoms with Crippen LogP contribution in [0.25, 0.3) is 11.1 Å². The summed E-state index contributed by atoms with van der Waals surface area (Å²) in [6.07, 6.45) is -0.0535. The van der Waals surface area contributed by atoms with E-state index in [2.05, 4.69) is 29.0 Å². The summed E-state index contributed by atoms with van der Waals surface area (Å²) < 4.78 is 10.4. The molecule has 0 saturated carbocycles. The highest BCUT2D eigenvalue weighted by Gasteiger charge is 2.08. The van der Waals surface area contributed by atoms with Gasteiger partial charge in [-0.3, -0.25) is 4.79 Å². The van der Waals surface area contributed by atoms with Crippen molar-refractivity contribution in [3.8, 4) is 16.9 Å². The molecule has 0 aliphatic carbocycles. The number of rotatable bonds is 8. The van der Waals surface area contributed by atoms with Gasteiger partial charge >= 0.3 is 5.97 Å². The predicted molar refractivity (Wildman–Crippen MR) is 119 cm³/mol. The summed E-state index contributed by atoms with van der Waals surface area (Å²) in [5.41, 5.74) is 10.7. The lowest BCUT2D eigenvalue weighted by Gasteiger charge is -2.11. The second-order valence-corrected chi connectivity index (χ2v) is 6.65. The van der Waals surface area contributed by atoms with Crippen LogP contribution < -0.4 is 10.5 Å². The first-order valence-corrected chi connectivity index (χ1v) is 9.87. The van der Waals surface area contributed by atoms with Gasteiger partial charge in [-0.15, -0.1) is 0 Å². The van der Waals surface area contributed by atoms with E-state index < -0.39 is 5.97 Å². The van der Waals surface area contributed by atoms with Crippen LogP contribution in [0.15, 0.2) is 72.8 Å². The third kappa shape index (κ3) is 7.35. The van der Waals surface area contributed by atoms with E-state index >= 15 is 0 Å². The Morgan fingerprint density at radius 1 is 0.933 bits per heavy atom. The Balaban J connectivity index is 0.000000735. The zero-order valence-corrected chi connectivity index (χ0v) is 17.5. The smallest absolute Gasteiger partial charge is 0.307 e. The van der Waals surface area contributed by atoms with Gasteiger partial charge in [-0.2, -0.15) is 0 Å². The molecule has 0 atom stereocenters. The second-order valence-electron chi connectivity index (χ2n) is 6.65. The second kappa shape index (κ2) is 12.4. The lowest BCUT2D eigenvalue weighted by molar-refractivity contribution is -0.136. The average molecular weight is 408 g/mol. The van der Waals surface area contributed by atoms with Crippen molar-refractivity contribution < 1.29 is 19.4 Å². The van der Waals surface area contributed by atoms with Gasteiger partial charge in [-0.05, 0) is 47.4 Å². The highest BCUT2D eigenvalue weighted by Crippen LogP contribution is 2.24. The summed E-state index contributed by atoms with van der Waals surface area (Å²) in [5, 5.41) is 9.02. The first kappa shape index (κ1) is 23.1. The molecule has 0 amide bonds. The van der Waals surface area contributed by atoms with Gasteiger partial charge in [0.25, 0.3) is 0 Å². The monoisotopic (exact) mass is 407 g/mol. The van der Waals surface area contributed by atoms with Crippen LogP contribution >= 0.6 is 0 Å². The van der Waals surface area contributed by atoms with Crippen LogP contribution in [0.4, 0.5) is 0 Å². The van der Waals surface area contributed by atoms with Gasteiger partial charge < -0.3 is 20.3 Å². The molecule has 0 aliphatic heterocycles. The summed E-state index contributed by atoms with van der Waals surface area (Å²) in [7, 11) is 1.68. The molecule has 5 heteroatoms. The molecule has 0 spiro atoms. The van der Waals surface area contributed by atoms with E-state index in [1.54, 1.807) is 19.2 Å². The minimum Gasteiger partial charge on any atom is -0.489 e. The number of para-hydroxylation sites is 1. The molecule has 0 fully saturated rings. The number of carbonyl (C=O) groups is 1. The van der Waals surface area contributed by atoms with E-state index in [4.69, 9.17) is 15.6 Å². The normalized spacial score (nSPS) is 10.1. The molecular formula is C25H29NO4. The molecule has 0 aromatic heterocycles. The number of hydrogen-bond donors (Lipinski definition) is 2. The Bertz CT molecular complexity index is 938. The fourth-order valence-corrected chi connectivity index (χ4v) is 2.83. The number of carboxylic acid groups (broad SMARTS) is 1. The third-order valence-corrected chi connectivity index (χ3v) is 4.42. The Hall–Kier alpha value is -3.15. The van der Waals surface area contributed by atoms with Gasteiger partial charge in [0, 0.05) is 25.8 Å². The summed E-state index contributed by atoms with van der Waals surface area (Å²) in [5.74, 6) is -0.270. The molecule has 3 N–H and O–H groups in total. The van der Waals surface area contributed by atoms with Gasteiger partial charge in [-0.25, -0.2) is 0 Å². The van der Waals surface area contributed by atoms with Crippen molar-refractivity contribution in [3.05, 3.63) is 89.5 Å². The molecule has 3 rings (SSSR count). The highest BCUT2D eigenvalue weighted by atomic mass is 16.5. The maximum atomic E-state index is 11.0. The van der Waals surface area contributed by atoms with Crippen molar-refractivity contribution >= 4 is 5.97 Å². The van der Waals surface area contributed by atoms with Crippen LogP contribution in [-0.4, -0.2) is 24.8 Å². The van der Waals surface area contributed by atoms with Crippen LogP contribution in [0.3, 0.4) is 0 Å². The number of ether oxygens (including phenoxy) is 2. The molecule has 3 aromatic rings. The fraction of sp³-hybridized carbons (Fsp3) is 0.240. The topological polar surface area (TPSA) is 81.8 Å². The van der Waals surface area contributed by atoms with Gasteiger partial charge in [0.1, 0.15) is 12.4 Å². The molecular weight excluding hydrogens is 378 g/mol. The summed E-state index contributed by atoms with van der Waals surface area (Å²) in [4.78, 5) is 11.0. The summed E-state index contributed by atoms with van der Waals surface area (Å²) in [6.45, 7) is 3.66. The van der Waals surface area contributed by atoms with E-state index in [0.29, 0.717) is 24.5 Å². The maximum absolute atomic E-state index is 11.0. The number of carboxylic acids is 1. The van der Waals surface area contributed by atoms with Crippen molar-refractivity contribution in [2.75, 3.05) is 13.7 Å². The van der Waals surface area contributed by atoms with Crippen molar-refractivity contribution in [1.82, 2.24) is 0 Å². The average Bonchev–Trinajstić information content (AvgIpc) is 2.78. The van der Waals surface area contributed by atoms with E-state index in [1.165, 1.54) is 0 Å². The van der Waals surface area contributed by atoms with Crippen LogP contribution in [0, 0.1) is 0 Å². The van der Waals surface area contributed by atoms with E-state index in [-0.39, 0.29) is 6.42 Å². The first-order valence-electron chi connectivity index (χ1n) is 9.87. The zero-order valence-electron chi connectivity index (χ0n) is 17.5. The molecule has 0 radical (unpaired) electrons. The standard InChI is InChI=1S/C22H21NO3.C3H8O/c23-14-16-5-3-8-18(11-16)19-9-4-6-17(12-19)15-26-21-10-2-1-7-20(21)13-22(24)25;1-3-4-2/h1-12H,13-15,23H2,(H,24,25);3H2,1-2H3. The van der Waals surface area contributed by atoms with Crippen molar-refractivity contribution in [2.24, 2.45) is 5.73 Å². The number of nitrogens with two attached hydrogens (primary N) is 1. The van der Waals surface area contributed by atoms with Gasteiger partial charge in [0.2, 0.25) is 0 Å². The Morgan fingerprint density at radius 3 is 2.13 bits per heavy atom. The molecule has 0 unspecified atom stereocenters. The summed E-state index contributed by atoms with van der Waals surface area (Å²) >= 11 is 0. The zero-order chi connectivity index (χ0) is 21.8. The van der Waals surface area contributed by atoms with Crippen LogP contribution in [0.2, 0.25) is 0 Å². The lowest BCUT2D eigenvalue weighted by atomic mass is 10.0. The van der Waals surface area contributed by atoms with Crippen molar-refractivity contribution in [2.45, 2.75) is 26.5 Å². The molecule has 158 valence electrons. The Kier molecular flexibility index (Phi) is 9.58. The Labute approximate surface area is 178 Å². The van der Waals surface area contributed by atoms with Gasteiger partial charge in [0.05, 0.1) is 6.42 Å². The van der Waals surface area contributed by atoms with Crippen LogP contribution in [0.5, 0.6) is 5.75 Å². The van der Waals surface area contributed by atoms with Crippen molar-refractivity contribution in [1.29, 1.82) is 0 Å². The number of hydrogen-bond acceptors (Lipinski definition) is 4. The van der Waals surface area contributed by atoms with E-state index in [0.717, 1.165) is 28.9 Å². The molecule has 5 nitrogen and oxygen atoms in total. The lowest BCUT2D eigenvalue weighted by Crippen LogP contribution is -2.04. The van der Waals surface area contributed by atoms with E-state index in [1.807, 2.05) is 43.3 Å². The maximum Gasteiger partial charge on any atom is 0.307 e. The number of benzene rings is 3. The summed E-state index contributed by atoms with van der Waals surface area (Å²) in [6, 6.07) is 23.5. The van der Waals surface area contributed by atoms with Gasteiger partial charge in [0.15, 0.2) is 0 Å². The minimum atomic E-state index is -0.872. The SMILES string of the molecule is CCOC.NCc1cccc(-c2cccc(COc3ccccc3CC(=O)O)c2)c1. The molecule has 0 saturated heterocycles. The molecule has 0 bridgehead atoms. The highest BCUT2D eigenvalue weighted by molar-refractivity contribution is 5.71. The van der Waals surface area contributed by atoms with Crippen LogP contribution in [-0.2, 0) is 29.1 Å². The molecule has 30 heavy (non-hydrogen) atoms. The van der Waals surface area contributed by atoms with Gasteiger partial charge in [-0.1, -0.05) is 54.6 Å². The largest absolute Gasteiger partial charge is 0.489 e. The van der Waals surface area contributed by atoms with E-state index in [9.17, 15) is 4.79 Å². The minimum absolute atomic E-state index is 0.0535. The molecule has 0 aliphatic rings. The third-order valence-electron chi connectivity index (χ3n) is 4.42. The van der Waals surface area contributed by atoms with Crippen molar-refractivity contribution in [3.63, 3.8) is 0 Å². The number of methoxy groups -OCH3 is 1. The number of aliphatic carboxylic acids is 1. The molecule has 0 heterocycles. The predicted octanol–water partition coefficient (Wildman–Crippen LogP) is 4.67. The van der Waals surface area contributed by atoms with Crippen LogP contribution in [0.1, 0.15) is 23.6 Å². The fourth-order valence-electron chi connectivity index (χ4n) is 2.83. The molecule has 3 aromatic carbocycles.